The van der Waals surface area contributed by atoms with Gasteiger partial charge >= 0.3 is 0 Å². The number of ether oxygens (including phenoxy) is 1. The van der Waals surface area contributed by atoms with Gasteiger partial charge in [-0.15, -0.1) is 0 Å². The highest BCUT2D eigenvalue weighted by molar-refractivity contribution is 5.86. The third-order valence-electron chi connectivity index (χ3n) is 3.30. The SMILES string of the molecule is COc1cccc2cc[n+](-c3cccc(C)c3)cc12. The lowest BCUT2D eigenvalue weighted by Crippen LogP contribution is -2.29. The average Bonchev–Trinajstić information content (AvgIpc) is 2.46. The molecule has 0 aliphatic carbocycles. The fraction of sp³-hybridized carbons (Fsp3) is 0.118. The molecule has 94 valence electrons. The van der Waals surface area contributed by atoms with Crippen LogP contribution >= 0.6 is 0 Å². The molecule has 0 amide bonds. The number of nitrogens with zero attached hydrogens (tertiary/aromatic N) is 1. The van der Waals surface area contributed by atoms with Gasteiger partial charge in [0.05, 0.1) is 12.5 Å². The van der Waals surface area contributed by atoms with Crippen molar-refractivity contribution in [3.05, 3.63) is 66.5 Å². The highest BCUT2D eigenvalue weighted by Gasteiger charge is 2.10. The number of aryl methyl sites for hydroxylation is 1. The number of benzene rings is 2. The van der Waals surface area contributed by atoms with Gasteiger partial charge in [0.15, 0.2) is 12.4 Å². The zero-order valence-corrected chi connectivity index (χ0v) is 11.1. The minimum atomic E-state index is 0.902. The zero-order valence-electron chi connectivity index (χ0n) is 11.1. The molecule has 0 atom stereocenters. The molecule has 2 aromatic carbocycles. The molecule has 0 aliphatic rings. The third-order valence-corrected chi connectivity index (χ3v) is 3.30. The Morgan fingerprint density at radius 3 is 2.63 bits per heavy atom. The van der Waals surface area contributed by atoms with E-state index in [2.05, 4.69) is 60.3 Å². The van der Waals surface area contributed by atoms with E-state index in [0.29, 0.717) is 0 Å². The van der Waals surface area contributed by atoms with Gasteiger partial charge < -0.3 is 4.74 Å². The predicted molar refractivity (Wildman–Crippen MR) is 76.8 cm³/mol. The lowest BCUT2D eigenvalue weighted by molar-refractivity contribution is -0.594. The Labute approximate surface area is 112 Å². The van der Waals surface area contributed by atoms with Gasteiger partial charge in [-0.25, -0.2) is 0 Å². The van der Waals surface area contributed by atoms with Crippen LogP contribution in [-0.4, -0.2) is 7.11 Å². The second-order valence-electron chi connectivity index (χ2n) is 4.65. The van der Waals surface area contributed by atoms with Crippen molar-refractivity contribution in [2.45, 2.75) is 6.92 Å². The molecule has 1 heterocycles. The van der Waals surface area contributed by atoms with Crippen LogP contribution in [-0.2, 0) is 0 Å². The van der Waals surface area contributed by atoms with Crippen molar-refractivity contribution >= 4 is 10.8 Å². The first-order valence-corrected chi connectivity index (χ1v) is 6.33. The van der Waals surface area contributed by atoms with E-state index in [1.54, 1.807) is 7.11 Å². The first-order valence-electron chi connectivity index (χ1n) is 6.33. The van der Waals surface area contributed by atoms with Crippen LogP contribution in [0.5, 0.6) is 5.75 Å². The topological polar surface area (TPSA) is 13.1 Å². The molecule has 0 N–H and O–H groups in total. The number of rotatable bonds is 2. The first-order chi connectivity index (χ1) is 9.28. The molecule has 0 bridgehead atoms. The summed E-state index contributed by atoms with van der Waals surface area (Å²) in [6.07, 6.45) is 4.19. The maximum absolute atomic E-state index is 5.43. The molecule has 0 fully saturated rings. The maximum Gasteiger partial charge on any atom is 0.210 e. The second-order valence-corrected chi connectivity index (χ2v) is 4.65. The van der Waals surface area contributed by atoms with Gasteiger partial charge in [0.2, 0.25) is 5.69 Å². The fourth-order valence-electron chi connectivity index (χ4n) is 2.31. The van der Waals surface area contributed by atoms with Crippen LogP contribution in [0.15, 0.2) is 60.9 Å². The van der Waals surface area contributed by atoms with Gasteiger partial charge in [0, 0.05) is 18.2 Å². The van der Waals surface area contributed by atoms with Crippen molar-refractivity contribution in [2.75, 3.05) is 7.11 Å². The molecular weight excluding hydrogens is 234 g/mol. The molecule has 0 spiro atoms. The van der Waals surface area contributed by atoms with Gasteiger partial charge in [0.25, 0.3) is 0 Å². The van der Waals surface area contributed by atoms with Gasteiger partial charge in [0.1, 0.15) is 5.75 Å². The Morgan fingerprint density at radius 2 is 1.84 bits per heavy atom. The minimum Gasteiger partial charge on any atom is -0.496 e. The van der Waals surface area contributed by atoms with Crippen molar-refractivity contribution in [3.8, 4) is 11.4 Å². The van der Waals surface area contributed by atoms with Gasteiger partial charge in [-0.3, -0.25) is 0 Å². The maximum atomic E-state index is 5.43. The van der Waals surface area contributed by atoms with Gasteiger partial charge in [-0.2, -0.15) is 4.57 Å². The molecule has 0 aliphatic heterocycles. The molecular formula is C17H16NO+. The summed E-state index contributed by atoms with van der Waals surface area (Å²) in [4.78, 5) is 0. The summed E-state index contributed by atoms with van der Waals surface area (Å²) in [5, 5.41) is 2.30. The van der Waals surface area contributed by atoms with Crippen molar-refractivity contribution < 1.29 is 9.30 Å². The molecule has 0 saturated heterocycles. The number of hydrogen-bond donors (Lipinski definition) is 0. The van der Waals surface area contributed by atoms with Crippen LogP contribution in [0.2, 0.25) is 0 Å². The Balaban J connectivity index is 2.21. The van der Waals surface area contributed by atoms with Gasteiger partial charge in [-0.05, 0) is 23.9 Å². The van der Waals surface area contributed by atoms with Gasteiger partial charge in [-0.1, -0.05) is 24.3 Å². The largest absolute Gasteiger partial charge is 0.496 e. The van der Waals surface area contributed by atoms with E-state index in [4.69, 9.17) is 4.74 Å². The molecule has 19 heavy (non-hydrogen) atoms. The van der Waals surface area contributed by atoms with Crippen LogP contribution in [0.1, 0.15) is 5.56 Å². The van der Waals surface area contributed by atoms with E-state index in [1.165, 1.54) is 10.9 Å². The van der Waals surface area contributed by atoms with Crippen LogP contribution in [0.4, 0.5) is 0 Å². The minimum absolute atomic E-state index is 0.902. The molecule has 0 saturated carbocycles. The number of aromatic nitrogens is 1. The highest BCUT2D eigenvalue weighted by Crippen LogP contribution is 2.23. The highest BCUT2D eigenvalue weighted by atomic mass is 16.5. The standard InChI is InChI=1S/C17H16NO/c1-13-5-3-7-15(11-13)18-10-9-14-6-4-8-17(19-2)16(14)12-18/h3-12H,1-2H3/q+1. The monoisotopic (exact) mass is 250 g/mol. The molecule has 3 rings (SSSR count). The van der Waals surface area contributed by atoms with E-state index in [-0.39, 0.29) is 0 Å². The quantitative estimate of drug-likeness (QED) is 0.635. The zero-order chi connectivity index (χ0) is 13.2. The number of hydrogen-bond acceptors (Lipinski definition) is 1. The average molecular weight is 250 g/mol. The summed E-state index contributed by atoms with van der Waals surface area (Å²) >= 11 is 0. The molecule has 1 aromatic heterocycles. The van der Waals surface area contributed by atoms with Crippen LogP contribution < -0.4 is 9.30 Å². The Bertz CT molecular complexity index is 734. The second kappa shape index (κ2) is 4.73. The lowest BCUT2D eigenvalue weighted by Gasteiger charge is -2.04. The summed E-state index contributed by atoms with van der Waals surface area (Å²) in [5.74, 6) is 0.902. The molecule has 3 aromatic rings. The van der Waals surface area contributed by atoms with Crippen LogP contribution in [0.3, 0.4) is 0 Å². The van der Waals surface area contributed by atoms with E-state index in [9.17, 15) is 0 Å². The smallest absolute Gasteiger partial charge is 0.210 e. The summed E-state index contributed by atoms with van der Waals surface area (Å²) in [6, 6.07) is 16.7. The van der Waals surface area contributed by atoms with Crippen LogP contribution in [0.25, 0.3) is 16.5 Å². The van der Waals surface area contributed by atoms with E-state index < -0.39 is 0 Å². The summed E-state index contributed by atoms with van der Waals surface area (Å²) < 4.78 is 7.55. The molecule has 2 heteroatoms. The Morgan fingerprint density at radius 1 is 1.00 bits per heavy atom. The van der Waals surface area contributed by atoms with E-state index >= 15 is 0 Å². The normalized spacial score (nSPS) is 10.6. The number of pyridine rings is 1. The third kappa shape index (κ3) is 2.17. The fourth-order valence-corrected chi connectivity index (χ4v) is 2.31. The number of fused-ring (bicyclic) bond motifs is 1. The molecule has 0 radical (unpaired) electrons. The predicted octanol–water partition coefficient (Wildman–Crippen LogP) is 3.43. The lowest BCUT2D eigenvalue weighted by atomic mass is 10.1. The summed E-state index contributed by atoms with van der Waals surface area (Å²) in [7, 11) is 1.71. The number of methoxy groups -OCH3 is 1. The summed E-state index contributed by atoms with van der Waals surface area (Å²) in [6.45, 7) is 2.10. The summed E-state index contributed by atoms with van der Waals surface area (Å²) in [5.41, 5.74) is 2.41. The first kappa shape index (κ1) is 11.7. The van der Waals surface area contributed by atoms with Crippen LogP contribution in [0, 0.1) is 6.92 Å². The Kier molecular flexibility index (Phi) is 2.92. The van der Waals surface area contributed by atoms with E-state index in [1.807, 2.05) is 12.1 Å². The Hall–Kier alpha value is -2.35. The van der Waals surface area contributed by atoms with Crippen molar-refractivity contribution in [3.63, 3.8) is 0 Å². The van der Waals surface area contributed by atoms with Crippen molar-refractivity contribution in [2.24, 2.45) is 0 Å². The molecule has 2 nitrogen and oxygen atoms in total. The van der Waals surface area contributed by atoms with Crippen molar-refractivity contribution in [1.29, 1.82) is 0 Å². The molecule has 0 unspecified atom stereocenters. The van der Waals surface area contributed by atoms with E-state index in [0.717, 1.165) is 16.8 Å². The van der Waals surface area contributed by atoms with Crippen molar-refractivity contribution in [1.82, 2.24) is 0 Å².